The molecule has 0 aromatic heterocycles. The summed E-state index contributed by atoms with van der Waals surface area (Å²) in [5.74, 6) is 0.0578. The lowest BCUT2D eigenvalue weighted by Gasteiger charge is -2.33. The van der Waals surface area contributed by atoms with Crippen LogP contribution in [0, 0.1) is 6.92 Å². The molecule has 1 atom stereocenters. The van der Waals surface area contributed by atoms with Gasteiger partial charge >= 0.3 is 0 Å². The van der Waals surface area contributed by atoms with Crippen molar-refractivity contribution in [3.63, 3.8) is 0 Å². The summed E-state index contributed by atoms with van der Waals surface area (Å²) < 4.78 is 5.54. The predicted octanol–water partition coefficient (Wildman–Crippen LogP) is 2.14. The van der Waals surface area contributed by atoms with Gasteiger partial charge in [0.1, 0.15) is 6.10 Å². The number of aryl methyl sites for hydroxylation is 1. The number of likely N-dealkylation sites (N-methyl/N-ethyl adjacent to an activating group) is 1. The fraction of sp³-hybridized carbons (Fsp3) is 0.588. The molecular formula is C17H27ClN2O2. The van der Waals surface area contributed by atoms with E-state index in [0.717, 1.165) is 6.54 Å². The molecule has 1 saturated heterocycles. The highest BCUT2D eigenvalue weighted by atomic mass is 35.5. The van der Waals surface area contributed by atoms with Crippen molar-refractivity contribution in [2.24, 2.45) is 0 Å². The van der Waals surface area contributed by atoms with Crippen LogP contribution in [0.15, 0.2) is 24.3 Å². The molecule has 1 aromatic rings. The van der Waals surface area contributed by atoms with E-state index in [0.29, 0.717) is 19.7 Å². The van der Waals surface area contributed by atoms with Gasteiger partial charge in [-0.1, -0.05) is 43.7 Å². The molecule has 1 heterocycles. The molecule has 1 aromatic carbocycles. The Balaban J connectivity index is 0.00000242. The molecule has 0 bridgehead atoms. The molecule has 0 aliphatic carbocycles. The van der Waals surface area contributed by atoms with Crippen LogP contribution in [0.4, 0.5) is 0 Å². The maximum atomic E-state index is 12.4. The van der Waals surface area contributed by atoms with E-state index in [2.05, 4.69) is 50.4 Å². The van der Waals surface area contributed by atoms with Gasteiger partial charge in [0.05, 0.1) is 6.61 Å². The second-order valence-corrected chi connectivity index (χ2v) is 6.51. The van der Waals surface area contributed by atoms with E-state index in [1.807, 2.05) is 7.05 Å². The Hall–Kier alpha value is -1.10. The Morgan fingerprint density at radius 2 is 2.00 bits per heavy atom. The van der Waals surface area contributed by atoms with Gasteiger partial charge in [0, 0.05) is 32.1 Å². The van der Waals surface area contributed by atoms with Crippen molar-refractivity contribution in [1.82, 2.24) is 10.2 Å². The van der Waals surface area contributed by atoms with Crippen LogP contribution in [0.1, 0.15) is 25.0 Å². The van der Waals surface area contributed by atoms with E-state index in [9.17, 15) is 4.79 Å². The number of morpholine rings is 1. The number of benzene rings is 1. The van der Waals surface area contributed by atoms with E-state index in [4.69, 9.17) is 4.74 Å². The first-order valence-electron chi connectivity index (χ1n) is 7.54. The highest BCUT2D eigenvalue weighted by Gasteiger charge is 2.29. The van der Waals surface area contributed by atoms with E-state index in [1.54, 1.807) is 4.90 Å². The monoisotopic (exact) mass is 326 g/mol. The lowest BCUT2D eigenvalue weighted by molar-refractivity contribution is -0.144. The highest BCUT2D eigenvalue weighted by molar-refractivity contribution is 5.85. The second-order valence-electron chi connectivity index (χ2n) is 6.51. The average molecular weight is 327 g/mol. The largest absolute Gasteiger partial charge is 0.366 e. The molecule has 0 saturated carbocycles. The normalized spacial score (nSPS) is 18.5. The lowest BCUT2D eigenvalue weighted by Crippen LogP contribution is -2.50. The molecule has 22 heavy (non-hydrogen) atoms. The summed E-state index contributed by atoms with van der Waals surface area (Å²) in [4.78, 5) is 14.2. The first-order valence-corrected chi connectivity index (χ1v) is 7.54. The number of ether oxygens (including phenoxy) is 1. The molecule has 0 spiro atoms. The van der Waals surface area contributed by atoms with Crippen molar-refractivity contribution in [3.8, 4) is 0 Å². The highest BCUT2D eigenvalue weighted by Crippen LogP contribution is 2.24. The van der Waals surface area contributed by atoms with Gasteiger partial charge in [-0.25, -0.2) is 0 Å². The summed E-state index contributed by atoms with van der Waals surface area (Å²) in [6.07, 6.45) is -0.349. The van der Waals surface area contributed by atoms with Gasteiger partial charge in [-0.05, 0) is 12.5 Å². The van der Waals surface area contributed by atoms with E-state index >= 15 is 0 Å². The Labute approximate surface area is 139 Å². The van der Waals surface area contributed by atoms with E-state index in [1.165, 1.54) is 11.1 Å². The van der Waals surface area contributed by atoms with Crippen LogP contribution in [0.25, 0.3) is 0 Å². The van der Waals surface area contributed by atoms with Crippen molar-refractivity contribution in [2.45, 2.75) is 32.3 Å². The minimum atomic E-state index is -0.349. The summed E-state index contributed by atoms with van der Waals surface area (Å²) in [7, 11) is 1.86. The van der Waals surface area contributed by atoms with Crippen molar-refractivity contribution in [1.29, 1.82) is 0 Å². The Kier molecular flexibility index (Phi) is 6.85. The molecule has 1 N–H and O–H groups in total. The fourth-order valence-electron chi connectivity index (χ4n) is 2.74. The van der Waals surface area contributed by atoms with Crippen LogP contribution in [-0.2, 0) is 14.9 Å². The van der Waals surface area contributed by atoms with Crippen LogP contribution >= 0.6 is 12.4 Å². The van der Waals surface area contributed by atoms with Crippen LogP contribution < -0.4 is 5.32 Å². The summed E-state index contributed by atoms with van der Waals surface area (Å²) in [6.45, 7) is 9.12. The number of carbonyl (C=O) groups is 1. The van der Waals surface area contributed by atoms with E-state index in [-0.39, 0.29) is 29.8 Å². The summed E-state index contributed by atoms with van der Waals surface area (Å²) in [6, 6.07) is 8.53. The molecule has 1 amide bonds. The molecule has 1 unspecified atom stereocenters. The summed E-state index contributed by atoms with van der Waals surface area (Å²) in [5, 5.41) is 3.20. The van der Waals surface area contributed by atoms with Gasteiger partial charge < -0.3 is 15.0 Å². The van der Waals surface area contributed by atoms with Gasteiger partial charge in [0.15, 0.2) is 0 Å². The first-order chi connectivity index (χ1) is 9.90. The third-order valence-electron chi connectivity index (χ3n) is 4.04. The van der Waals surface area contributed by atoms with Crippen LogP contribution in [0.3, 0.4) is 0 Å². The Morgan fingerprint density at radius 3 is 2.55 bits per heavy atom. The van der Waals surface area contributed by atoms with E-state index < -0.39 is 0 Å². The molecule has 5 heteroatoms. The minimum absolute atomic E-state index is 0. The number of hydrogen-bond donors (Lipinski definition) is 1. The predicted molar refractivity (Wildman–Crippen MR) is 91.7 cm³/mol. The molecule has 1 fully saturated rings. The third-order valence-corrected chi connectivity index (χ3v) is 4.04. The van der Waals surface area contributed by atoms with Crippen molar-refractivity contribution in [3.05, 3.63) is 35.4 Å². The Morgan fingerprint density at radius 1 is 1.36 bits per heavy atom. The van der Waals surface area contributed by atoms with Crippen LogP contribution in [-0.4, -0.2) is 50.2 Å². The maximum absolute atomic E-state index is 12.4. The van der Waals surface area contributed by atoms with Crippen LogP contribution in [0.5, 0.6) is 0 Å². The van der Waals surface area contributed by atoms with Crippen molar-refractivity contribution in [2.75, 3.05) is 33.3 Å². The molecule has 1 aliphatic heterocycles. The molecule has 0 radical (unpaired) electrons. The minimum Gasteiger partial charge on any atom is -0.366 e. The molecule has 124 valence electrons. The zero-order valence-electron chi connectivity index (χ0n) is 13.9. The van der Waals surface area contributed by atoms with Crippen LogP contribution in [0.2, 0.25) is 0 Å². The molecular weight excluding hydrogens is 300 g/mol. The van der Waals surface area contributed by atoms with Gasteiger partial charge in [-0.15, -0.1) is 12.4 Å². The molecule has 4 nitrogen and oxygen atoms in total. The van der Waals surface area contributed by atoms with Gasteiger partial charge in [0.2, 0.25) is 0 Å². The second kappa shape index (κ2) is 7.95. The number of amides is 1. The van der Waals surface area contributed by atoms with Gasteiger partial charge in [-0.3, -0.25) is 4.79 Å². The average Bonchev–Trinajstić information content (AvgIpc) is 2.47. The summed E-state index contributed by atoms with van der Waals surface area (Å²) in [5.41, 5.74) is 2.41. The zero-order chi connectivity index (χ0) is 15.5. The SMILES string of the molecule is Cc1ccc(C(C)(C)CN(C)C(=O)C2CNCCO2)cc1.Cl. The smallest absolute Gasteiger partial charge is 0.252 e. The first kappa shape index (κ1) is 18.9. The number of nitrogens with zero attached hydrogens (tertiary/aromatic N) is 1. The zero-order valence-corrected chi connectivity index (χ0v) is 14.7. The number of carbonyl (C=O) groups excluding carboxylic acids is 1. The fourth-order valence-corrected chi connectivity index (χ4v) is 2.74. The molecule has 1 aliphatic rings. The number of rotatable bonds is 4. The van der Waals surface area contributed by atoms with Crippen molar-refractivity contribution >= 4 is 18.3 Å². The standard InChI is InChI=1S/C17H26N2O2.ClH/c1-13-5-7-14(8-6-13)17(2,3)12-19(4)16(20)15-11-18-9-10-21-15;/h5-8,15,18H,9-12H2,1-4H3;1H. The summed E-state index contributed by atoms with van der Waals surface area (Å²) >= 11 is 0. The number of halogens is 1. The van der Waals surface area contributed by atoms with Gasteiger partial charge in [-0.2, -0.15) is 0 Å². The topological polar surface area (TPSA) is 41.6 Å². The third kappa shape index (κ3) is 4.70. The lowest BCUT2D eigenvalue weighted by atomic mass is 9.83. The number of hydrogen-bond acceptors (Lipinski definition) is 3. The Bertz CT molecular complexity index is 482. The quantitative estimate of drug-likeness (QED) is 0.921. The molecule has 2 rings (SSSR count). The number of nitrogens with one attached hydrogen (secondary N) is 1. The van der Waals surface area contributed by atoms with Gasteiger partial charge in [0.25, 0.3) is 5.91 Å². The van der Waals surface area contributed by atoms with Crippen molar-refractivity contribution < 1.29 is 9.53 Å². The maximum Gasteiger partial charge on any atom is 0.252 e.